The summed E-state index contributed by atoms with van der Waals surface area (Å²) in [5, 5.41) is 4.58. The molecule has 0 fully saturated rings. The van der Waals surface area contributed by atoms with Crippen LogP contribution in [0.25, 0.3) is 0 Å². The third-order valence-corrected chi connectivity index (χ3v) is 3.41. The van der Waals surface area contributed by atoms with E-state index in [2.05, 4.69) is 21.1 Å². The molecule has 0 heterocycles. The highest BCUT2D eigenvalue weighted by molar-refractivity contribution is 9.10. The molecule has 0 bridgehead atoms. The largest absolute Gasteiger partial charge is 0.365 e. The first-order chi connectivity index (χ1) is 9.56. The normalized spacial score (nSPS) is 10.8. The molecule has 0 atom stereocenters. The molecule has 0 radical (unpaired) electrons. The fraction of sp³-hybridized carbons (Fsp3) is 0. The maximum absolute atomic E-state index is 11.7. The lowest BCUT2D eigenvalue weighted by Gasteiger charge is -2.00. The Morgan fingerprint density at radius 1 is 1.20 bits per heavy atom. The summed E-state index contributed by atoms with van der Waals surface area (Å²) in [6, 6.07) is 11.8. The molecule has 2 aromatic carbocycles. The minimum Gasteiger partial charge on any atom is -0.313 e. The first-order valence-electron chi connectivity index (χ1n) is 5.51. The molecule has 0 N–H and O–H groups in total. The van der Waals surface area contributed by atoms with E-state index in [4.69, 9.17) is 28.0 Å². The molecule has 2 aromatic rings. The van der Waals surface area contributed by atoms with Crippen LogP contribution in [0.4, 0.5) is 0 Å². The highest BCUT2D eigenvalue weighted by atomic mass is 79.9. The molecule has 102 valence electrons. The van der Waals surface area contributed by atoms with Crippen molar-refractivity contribution in [2.24, 2.45) is 5.16 Å². The van der Waals surface area contributed by atoms with Crippen LogP contribution in [0.3, 0.4) is 0 Å². The van der Waals surface area contributed by atoms with Crippen LogP contribution in [-0.4, -0.2) is 12.2 Å². The van der Waals surface area contributed by atoms with Crippen LogP contribution in [0.1, 0.15) is 15.9 Å². The lowest BCUT2D eigenvalue weighted by atomic mass is 10.2. The number of hydrogen-bond donors (Lipinski definition) is 0. The Morgan fingerprint density at radius 3 is 2.70 bits per heavy atom. The summed E-state index contributed by atoms with van der Waals surface area (Å²) in [5.41, 5.74) is 1.01. The van der Waals surface area contributed by atoms with Crippen LogP contribution in [0.2, 0.25) is 10.0 Å². The van der Waals surface area contributed by atoms with Crippen molar-refractivity contribution in [3.05, 3.63) is 68.1 Å². The van der Waals surface area contributed by atoms with E-state index < -0.39 is 5.97 Å². The average Bonchev–Trinajstić information content (AvgIpc) is 2.41. The third kappa shape index (κ3) is 4.07. The summed E-state index contributed by atoms with van der Waals surface area (Å²) >= 11 is 15.0. The van der Waals surface area contributed by atoms with E-state index in [0.717, 1.165) is 4.47 Å². The smallest absolute Gasteiger partial charge is 0.313 e. The van der Waals surface area contributed by atoms with Gasteiger partial charge in [0.2, 0.25) is 0 Å². The zero-order valence-corrected chi connectivity index (χ0v) is 13.1. The number of nitrogens with zero attached hydrogens (tertiary/aromatic N) is 1. The summed E-state index contributed by atoms with van der Waals surface area (Å²) in [5.74, 6) is -0.548. The summed E-state index contributed by atoms with van der Waals surface area (Å²) < 4.78 is 0.789. The van der Waals surface area contributed by atoms with Crippen molar-refractivity contribution in [1.29, 1.82) is 0 Å². The predicted molar refractivity (Wildman–Crippen MR) is 83.6 cm³/mol. The summed E-state index contributed by atoms with van der Waals surface area (Å²) in [7, 11) is 0. The number of carbonyl (C=O) groups is 1. The van der Waals surface area contributed by atoms with Gasteiger partial charge in [-0.2, -0.15) is 0 Å². The Labute approximate surface area is 134 Å². The van der Waals surface area contributed by atoms with Gasteiger partial charge in [0, 0.05) is 15.1 Å². The molecule has 0 saturated heterocycles. The second kappa shape index (κ2) is 6.88. The second-order valence-corrected chi connectivity index (χ2v) is 5.55. The van der Waals surface area contributed by atoms with Gasteiger partial charge >= 0.3 is 5.97 Å². The van der Waals surface area contributed by atoms with E-state index in [1.54, 1.807) is 36.4 Å². The summed E-state index contributed by atoms with van der Waals surface area (Å²) in [6.45, 7) is 0. The van der Waals surface area contributed by atoms with Crippen LogP contribution < -0.4 is 0 Å². The molecule has 0 aliphatic heterocycles. The van der Waals surface area contributed by atoms with Crippen molar-refractivity contribution < 1.29 is 9.63 Å². The molecule has 6 heteroatoms. The van der Waals surface area contributed by atoms with Gasteiger partial charge in [0.15, 0.2) is 0 Å². The second-order valence-electron chi connectivity index (χ2n) is 3.79. The quantitative estimate of drug-likeness (QED) is 0.434. The fourth-order valence-corrected chi connectivity index (χ4v) is 2.26. The van der Waals surface area contributed by atoms with Crippen molar-refractivity contribution in [2.45, 2.75) is 0 Å². The van der Waals surface area contributed by atoms with Crippen LogP contribution in [0, 0.1) is 0 Å². The van der Waals surface area contributed by atoms with Gasteiger partial charge in [-0.1, -0.05) is 56.4 Å². The third-order valence-electron chi connectivity index (χ3n) is 2.35. The molecule has 2 rings (SSSR count). The Morgan fingerprint density at radius 2 is 2.00 bits per heavy atom. The number of halogens is 3. The van der Waals surface area contributed by atoms with Crippen LogP contribution >= 0.6 is 39.1 Å². The van der Waals surface area contributed by atoms with E-state index in [0.29, 0.717) is 21.2 Å². The van der Waals surface area contributed by atoms with Crippen LogP contribution in [0.5, 0.6) is 0 Å². The average molecular weight is 373 g/mol. The van der Waals surface area contributed by atoms with Gasteiger partial charge < -0.3 is 4.84 Å². The van der Waals surface area contributed by atoms with Gasteiger partial charge in [-0.15, -0.1) is 0 Å². The zero-order chi connectivity index (χ0) is 14.5. The van der Waals surface area contributed by atoms with Gasteiger partial charge in [0.05, 0.1) is 16.8 Å². The van der Waals surface area contributed by atoms with Gasteiger partial charge in [-0.05, 0) is 30.3 Å². The maximum atomic E-state index is 11.7. The first kappa shape index (κ1) is 15.0. The van der Waals surface area contributed by atoms with Crippen molar-refractivity contribution in [2.75, 3.05) is 0 Å². The molecule has 0 aliphatic rings. The molecule has 0 saturated carbocycles. The fourth-order valence-electron chi connectivity index (χ4n) is 1.41. The number of benzene rings is 2. The standard InChI is InChI=1S/C14H8BrCl2NO2/c15-11-3-1-2-9(6-11)14(19)20-18-8-10-4-5-12(16)7-13(10)17/h1-8H/b18-8+. The van der Waals surface area contributed by atoms with Crippen LogP contribution in [0.15, 0.2) is 52.1 Å². The lowest BCUT2D eigenvalue weighted by Crippen LogP contribution is -2.00. The molecular weight excluding hydrogens is 365 g/mol. The minimum atomic E-state index is -0.548. The van der Waals surface area contributed by atoms with Crippen molar-refractivity contribution >= 4 is 51.3 Å². The Bertz CT molecular complexity index is 674. The highest BCUT2D eigenvalue weighted by Crippen LogP contribution is 2.19. The van der Waals surface area contributed by atoms with E-state index >= 15 is 0 Å². The van der Waals surface area contributed by atoms with Crippen LogP contribution in [-0.2, 0) is 4.84 Å². The number of oxime groups is 1. The van der Waals surface area contributed by atoms with E-state index in [1.165, 1.54) is 6.21 Å². The number of rotatable bonds is 3. The van der Waals surface area contributed by atoms with Crippen molar-refractivity contribution in [1.82, 2.24) is 0 Å². The molecule has 0 amide bonds. The lowest BCUT2D eigenvalue weighted by molar-refractivity contribution is 0.0519. The van der Waals surface area contributed by atoms with E-state index in [1.807, 2.05) is 6.07 Å². The Hall–Kier alpha value is -1.36. The predicted octanol–water partition coefficient (Wildman–Crippen LogP) is 4.95. The van der Waals surface area contributed by atoms with Gasteiger partial charge in [0.1, 0.15) is 0 Å². The Balaban J connectivity index is 2.04. The van der Waals surface area contributed by atoms with E-state index in [9.17, 15) is 4.79 Å². The maximum Gasteiger partial charge on any atom is 0.365 e. The number of hydrogen-bond acceptors (Lipinski definition) is 3. The molecule has 20 heavy (non-hydrogen) atoms. The molecule has 0 spiro atoms. The monoisotopic (exact) mass is 371 g/mol. The SMILES string of the molecule is O=C(O/N=C/c1ccc(Cl)cc1Cl)c1cccc(Br)c1. The number of carbonyl (C=O) groups excluding carboxylic acids is 1. The topological polar surface area (TPSA) is 38.7 Å². The molecule has 0 aromatic heterocycles. The first-order valence-corrected chi connectivity index (χ1v) is 7.06. The Kier molecular flexibility index (Phi) is 5.17. The molecular formula is C14H8BrCl2NO2. The van der Waals surface area contributed by atoms with Gasteiger partial charge in [-0.3, -0.25) is 0 Å². The molecule has 0 aliphatic carbocycles. The molecule has 0 unspecified atom stereocenters. The van der Waals surface area contributed by atoms with E-state index in [-0.39, 0.29) is 0 Å². The summed E-state index contributed by atoms with van der Waals surface area (Å²) in [6.07, 6.45) is 1.36. The van der Waals surface area contributed by atoms with Crippen molar-refractivity contribution in [3.8, 4) is 0 Å². The van der Waals surface area contributed by atoms with Gasteiger partial charge in [-0.25, -0.2) is 4.79 Å². The van der Waals surface area contributed by atoms with Gasteiger partial charge in [0.25, 0.3) is 0 Å². The molecule has 3 nitrogen and oxygen atoms in total. The zero-order valence-electron chi connectivity index (χ0n) is 10.0. The highest BCUT2D eigenvalue weighted by Gasteiger charge is 2.07. The summed E-state index contributed by atoms with van der Waals surface area (Å²) in [4.78, 5) is 16.5. The van der Waals surface area contributed by atoms with Crippen molar-refractivity contribution in [3.63, 3.8) is 0 Å². The minimum absolute atomic E-state index is 0.402.